The summed E-state index contributed by atoms with van der Waals surface area (Å²) in [5.74, 6) is -2.44. The number of carbonyl (C=O) groups excluding carboxylic acids is 3. The summed E-state index contributed by atoms with van der Waals surface area (Å²) in [6.07, 6.45) is 3.88. The van der Waals surface area contributed by atoms with Crippen LogP contribution in [0.3, 0.4) is 0 Å². The highest BCUT2D eigenvalue weighted by Gasteiger charge is 2.38. The fraction of sp³-hybridized carbons (Fsp3) is 0.455. The molecule has 29 heavy (non-hydrogen) atoms. The molecule has 0 N–H and O–H groups in total. The van der Waals surface area contributed by atoms with E-state index in [0.29, 0.717) is 5.56 Å². The maximum atomic E-state index is 12.9. The van der Waals surface area contributed by atoms with Gasteiger partial charge in [0.15, 0.2) is 0 Å². The molecule has 0 bridgehead atoms. The molecular formula is C22H29N3O4. The highest BCUT2D eigenvalue weighted by molar-refractivity contribution is 6.62. The van der Waals surface area contributed by atoms with Gasteiger partial charge in [-0.05, 0) is 45.1 Å². The Balaban J connectivity index is 3.02. The molecule has 0 aromatic heterocycles. The Kier molecular flexibility index (Phi) is 10.3. The van der Waals surface area contributed by atoms with Gasteiger partial charge >= 0.3 is 17.6 Å². The third-order valence-electron chi connectivity index (χ3n) is 4.24. The Bertz CT molecular complexity index is 792. The summed E-state index contributed by atoms with van der Waals surface area (Å²) in [7, 11) is 0. The lowest BCUT2D eigenvalue weighted by Crippen LogP contribution is -2.44. The lowest BCUT2D eigenvalue weighted by Gasteiger charge is -2.21. The molecule has 0 fully saturated rings. The zero-order valence-corrected chi connectivity index (χ0v) is 17.6. The Morgan fingerprint density at radius 3 is 2.41 bits per heavy atom. The molecule has 7 nitrogen and oxygen atoms in total. The van der Waals surface area contributed by atoms with E-state index in [2.05, 4.69) is 10.9 Å². The zero-order valence-electron chi connectivity index (χ0n) is 17.6. The quantitative estimate of drug-likeness (QED) is 0.150. The summed E-state index contributed by atoms with van der Waals surface area (Å²) in [5, 5.41) is 0. The van der Waals surface area contributed by atoms with Crippen molar-refractivity contribution in [3.05, 3.63) is 53.1 Å². The molecule has 1 aromatic rings. The van der Waals surface area contributed by atoms with Gasteiger partial charge in [-0.1, -0.05) is 48.9 Å². The van der Waals surface area contributed by atoms with E-state index < -0.39 is 23.5 Å². The van der Waals surface area contributed by atoms with E-state index in [4.69, 9.17) is 10.3 Å². The van der Waals surface area contributed by atoms with E-state index in [9.17, 15) is 14.4 Å². The number of carbonyl (C=O) groups is 3. The number of ether oxygens (including phenoxy) is 1. The number of hydrogen-bond acceptors (Lipinski definition) is 4. The SMILES string of the molecule is CCOC(=O)C(=[N+]=[N-])C(=O)N(Cc1ccccc1)C(=O)CC(C)CCC=C(C)C. The first kappa shape index (κ1) is 24.0. The summed E-state index contributed by atoms with van der Waals surface area (Å²) >= 11 is 0. The average Bonchev–Trinajstić information content (AvgIpc) is 2.67. The highest BCUT2D eigenvalue weighted by Crippen LogP contribution is 2.16. The molecule has 1 rings (SSSR count). The molecule has 0 saturated carbocycles. The number of benzene rings is 1. The second-order valence-corrected chi connectivity index (χ2v) is 7.11. The van der Waals surface area contributed by atoms with E-state index in [0.717, 1.165) is 17.7 Å². The fourth-order valence-electron chi connectivity index (χ4n) is 2.70. The van der Waals surface area contributed by atoms with Crippen LogP contribution in [0.5, 0.6) is 0 Å². The molecule has 1 unspecified atom stereocenters. The second kappa shape index (κ2) is 12.4. The standard InChI is InChI=1S/C22H29N3O4/c1-5-29-22(28)20(24-23)21(27)25(15-18-12-7-6-8-13-18)19(26)14-17(4)11-9-10-16(2)3/h6-8,10,12-13,17H,5,9,11,14-15H2,1-4H3. The van der Waals surface area contributed by atoms with Gasteiger partial charge in [0.1, 0.15) is 0 Å². The number of rotatable bonds is 10. The summed E-state index contributed by atoms with van der Waals surface area (Å²) in [5.41, 5.74) is 10.3. The van der Waals surface area contributed by atoms with Crippen molar-refractivity contribution in [1.29, 1.82) is 0 Å². The minimum atomic E-state index is -1.07. The van der Waals surface area contributed by atoms with Crippen LogP contribution in [0.4, 0.5) is 0 Å². The highest BCUT2D eigenvalue weighted by atomic mass is 16.5. The second-order valence-electron chi connectivity index (χ2n) is 7.11. The van der Waals surface area contributed by atoms with Gasteiger partial charge in [-0.15, -0.1) is 0 Å². The average molecular weight is 399 g/mol. The summed E-state index contributed by atoms with van der Waals surface area (Å²) in [6, 6.07) is 8.94. The van der Waals surface area contributed by atoms with E-state index in [1.807, 2.05) is 26.8 Å². The molecule has 7 heteroatoms. The number of imide groups is 1. The van der Waals surface area contributed by atoms with Crippen molar-refractivity contribution < 1.29 is 23.9 Å². The number of amides is 2. The van der Waals surface area contributed by atoms with Gasteiger partial charge in [0.2, 0.25) is 5.91 Å². The Hall–Kier alpha value is -3.05. The lowest BCUT2D eigenvalue weighted by molar-refractivity contribution is -0.148. The number of esters is 1. The van der Waals surface area contributed by atoms with Gasteiger partial charge in [0.25, 0.3) is 0 Å². The van der Waals surface area contributed by atoms with Crippen molar-refractivity contribution >= 4 is 23.5 Å². The first-order valence-electron chi connectivity index (χ1n) is 9.71. The van der Waals surface area contributed by atoms with Crippen LogP contribution in [0.25, 0.3) is 5.53 Å². The topological polar surface area (TPSA) is 100 Å². The Morgan fingerprint density at radius 2 is 1.86 bits per heavy atom. The first-order chi connectivity index (χ1) is 13.8. The van der Waals surface area contributed by atoms with Crippen LogP contribution < -0.4 is 0 Å². The molecule has 0 heterocycles. The number of hydrogen-bond donors (Lipinski definition) is 0. The third kappa shape index (κ3) is 8.23. The van der Waals surface area contributed by atoms with Crippen LogP contribution >= 0.6 is 0 Å². The van der Waals surface area contributed by atoms with Crippen LogP contribution in [0, 0.1) is 5.92 Å². The summed E-state index contributed by atoms with van der Waals surface area (Å²) < 4.78 is 4.76. The largest absolute Gasteiger partial charge is 0.463 e. The first-order valence-corrected chi connectivity index (χ1v) is 9.71. The predicted molar refractivity (Wildman–Crippen MR) is 110 cm³/mol. The smallest absolute Gasteiger partial charge is 0.457 e. The minimum Gasteiger partial charge on any atom is -0.457 e. The lowest BCUT2D eigenvalue weighted by atomic mass is 10.00. The fourth-order valence-corrected chi connectivity index (χ4v) is 2.70. The van der Waals surface area contributed by atoms with Crippen molar-refractivity contribution in [2.75, 3.05) is 6.61 Å². The van der Waals surface area contributed by atoms with Crippen LogP contribution in [-0.4, -0.2) is 39.8 Å². The number of nitrogens with zero attached hydrogens (tertiary/aromatic N) is 3. The van der Waals surface area contributed by atoms with E-state index >= 15 is 0 Å². The van der Waals surface area contributed by atoms with E-state index in [-0.39, 0.29) is 25.5 Å². The Morgan fingerprint density at radius 1 is 1.21 bits per heavy atom. The van der Waals surface area contributed by atoms with E-state index in [1.165, 1.54) is 5.57 Å². The molecule has 0 saturated heterocycles. The van der Waals surface area contributed by atoms with Gasteiger partial charge in [-0.25, -0.2) is 4.79 Å². The third-order valence-corrected chi connectivity index (χ3v) is 4.24. The maximum Gasteiger partial charge on any atom is 0.463 e. The van der Waals surface area contributed by atoms with Crippen molar-refractivity contribution in [3.63, 3.8) is 0 Å². The molecule has 0 aliphatic rings. The summed E-state index contributed by atoms with van der Waals surface area (Å²) in [6.45, 7) is 7.52. The molecule has 0 radical (unpaired) electrons. The van der Waals surface area contributed by atoms with Crippen LogP contribution in [0.1, 0.15) is 52.5 Å². The zero-order chi connectivity index (χ0) is 21.8. The van der Waals surface area contributed by atoms with Crippen molar-refractivity contribution in [2.45, 2.75) is 53.5 Å². The predicted octanol–water partition coefficient (Wildman–Crippen LogP) is 3.55. The van der Waals surface area contributed by atoms with Crippen molar-refractivity contribution in [1.82, 2.24) is 4.90 Å². The van der Waals surface area contributed by atoms with Gasteiger partial charge in [0.05, 0.1) is 13.2 Å². The molecule has 0 spiro atoms. The van der Waals surface area contributed by atoms with Crippen LogP contribution in [-0.2, 0) is 25.7 Å². The van der Waals surface area contributed by atoms with Gasteiger partial charge in [-0.2, -0.15) is 4.79 Å². The van der Waals surface area contributed by atoms with Gasteiger partial charge in [-0.3, -0.25) is 14.5 Å². The minimum absolute atomic E-state index is 0.0131. The molecule has 0 aliphatic carbocycles. The normalized spacial score (nSPS) is 11.0. The van der Waals surface area contributed by atoms with Crippen molar-refractivity contribution in [3.8, 4) is 0 Å². The molecule has 1 aromatic carbocycles. The van der Waals surface area contributed by atoms with Gasteiger partial charge in [0, 0.05) is 6.42 Å². The molecular weight excluding hydrogens is 370 g/mol. The van der Waals surface area contributed by atoms with Crippen LogP contribution in [0.15, 0.2) is 42.0 Å². The molecule has 1 atom stereocenters. The van der Waals surface area contributed by atoms with E-state index in [1.54, 1.807) is 31.2 Å². The Labute approximate surface area is 172 Å². The maximum absolute atomic E-state index is 12.9. The van der Waals surface area contributed by atoms with Gasteiger partial charge < -0.3 is 10.3 Å². The molecule has 2 amide bonds. The summed E-state index contributed by atoms with van der Waals surface area (Å²) in [4.78, 5) is 41.4. The molecule has 156 valence electrons. The number of allylic oxidation sites excluding steroid dienone is 2. The molecule has 0 aliphatic heterocycles. The van der Waals surface area contributed by atoms with Crippen molar-refractivity contribution in [2.24, 2.45) is 5.92 Å². The van der Waals surface area contributed by atoms with Crippen LogP contribution in [0.2, 0.25) is 0 Å². The monoisotopic (exact) mass is 399 g/mol.